The summed E-state index contributed by atoms with van der Waals surface area (Å²) in [5.41, 5.74) is 0.0969. The maximum atomic E-state index is 13.8. The third-order valence-electron chi connectivity index (χ3n) is 3.44. The topological polar surface area (TPSA) is 18.5 Å². The lowest BCUT2D eigenvalue weighted by Gasteiger charge is -2.15. The van der Waals surface area contributed by atoms with Crippen LogP contribution >= 0.6 is 11.8 Å². The van der Waals surface area contributed by atoms with Crippen molar-refractivity contribution in [3.63, 3.8) is 0 Å². The molecule has 0 bridgehead atoms. The second-order valence-electron chi connectivity index (χ2n) is 5.05. The normalized spacial score (nSPS) is 15.2. The Bertz CT molecular complexity index is 655. The van der Waals surface area contributed by atoms with Crippen molar-refractivity contribution in [1.82, 2.24) is 0 Å². The molecule has 2 aromatic rings. The Hall–Kier alpha value is -1.75. The molecule has 0 amide bonds. The van der Waals surface area contributed by atoms with E-state index in [1.54, 1.807) is 6.92 Å². The zero-order valence-corrected chi connectivity index (χ0v) is 13.0. The van der Waals surface area contributed by atoms with Crippen molar-refractivity contribution in [1.29, 1.82) is 0 Å². The molecule has 0 radical (unpaired) electrons. The van der Waals surface area contributed by atoms with Gasteiger partial charge in [0.1, 0.15) is 11.6 Å². The third kappa shape index (κ3) is 3.19. The second kappa shape index (κ2) is 6.57. The molecule has 1 atom stereocenters. The summed E-state index contributed by atoms with van der Waals surface area (Å²) in [4.78, 5) is 0.888. The molecule has 0 N–H and O–H groups in total. The predicted molar refractivity (Wildman–Crippen MR) is 82.7 cm³/mol. The monoisotopic (exact) mass is 322 g/mol. The number of thioether (sulfide) groups is 1. The van der Waals surface area contributed by atoms with Gasteiger partial charge in [0.2, 0.25) is 0 Å². The summed E-state index contributed by atoms with van der Waals surface area (Å²) in [6.45, 7) is 3.03. The molecule has 0 aromatic heterocycles. The summed E-state index contributed by atoms with van der Waals surface area (Å²) in [7, 11) is 0. The fourth-order valence-electron chi connectivity index (χ4n) is 2.38. The van der Waals surface area contributed by atoms with Crippen LogP contribution < -0.4 is 9.47 Å². The average Bonchev–Trinajstić information content (AvgIpc) is 2.72. The van der Waals surface area contributed by atoms with Crippen molar-refractivity contribution in [2.24, 2.45) is 0 Å². The Morgan fingerprint density at radius 2 is 1.68 bits per heavy atom. The molecule has 0 aliphatic carbocycles. The molecule has 5 heteroatoms. The molecule has 0 fully saturated rings. The lowest BCUT2D eigenvalue weighted by Crippen LogP contribution is -1.98. The highest BCUT2D eigenvalue weighted by atomic mass is 32.2. The Morgan fingerprint density at radius 1 is 1.00 bits per heavy atom. The van der Waals surface area contributed by atoms with Crippen LogP contribution in [0, 0.1) is 11.6 Å². The van der Waals surface area contributed by atoms with Crippen LogP contribution in [-0.2, 0) is 0 Å². The van der Waals surface area contributed by atoms with E-state index in [-0.39, 0.29) is 10.8 Å². The average molecular weight is 322 g/mol. The van der Waals surface area contributed by atoms with Gasteiger partial charge in [-0.3, -0.25) is 0 Å². The first-order valence-electron chi connectivity index (χ1n) is 7.15. The summed E-state index contributed by atoms with van der Waals surface area (Å²) in [6.07, 6.45) is 0.841. The number of hydrogen-bond donors (Lipinski definition) is 0. The molecular weight excluding hydrogens is 306 g/mol. The van der Waals surface area contributed by atoms with Crippen LogP contribution in [0.15, 0.2) is 41.3 Å². The largest absolute Gasteiger partial charge is 0.490 e. The van der Waals surface area contributed by atoms with Gasteiger partial charge in [-0.15, -0.1) is 11.8 Å². The standard InChI is InChI=1S/C17H16F2O2S/c1-11(17-13(18)4-2-5-14(17)19)22-12-6-7-15-16(10-12)21-9-3-8-20-15/h2,4-7,10-11H,3,8-9H2,1H3. The maximum absolute atomic E-state index is 13.8. The fraction of sp³-hybridized carbons (Fsp3) is 0.294. The molecule has 2 aromatic carbocycles. The van der Waals surface area contributed by atoms with Gasteiger partial charge in [-0.05, 0) is 37.3 Å². The molecule has 2 nitrogen and oxygen atoms in total. The summed E-state index contributed by atoms with van der Waals surface area (Å²) in [6, 6.07) is 9.52. The van der Waals surface area contributed by atoms with Crippen molar-refractivity contribution < 1.29 is 18.3 Å². The molecule has 1 aliphatic heterocycles. The third-order valence-corrected chi connectivity index (χ3v) is 4.55. The van der Waals surface area contributed by atoms with Crippen LogP contribution in [0.3, 0.4) is 0 Å². The summed E-state index contributed by atoms with van der Waals surface area (Å²) in [5, 5.41) is -0.342. The van der Waals surface area contributed by atoms with Gasteiger partial charge in [-0.2, -0.15) is 0 Å². The second-order valence-corrected chi connectivity index (χ2v) is 6.47. The van der Waals surface area contributed by atoms with Gasteiger partial charge in [0, 0.05) is 22.1 Å². The van der Waals surface area contributed by atoms with Crippen LogP contribution in [-0.4, -0.2) is 13.2 Å². The molecular formula is C17H16F2O2S. The lowest BCUT2D eigenvalue weighted by molar-refractivity contribution is 0.297. The highest BCUT2D eigenvalue weighted by molar-refractivity contribution is 7.99. The SMILES string of the molecule is CC(Sc1ccc2c(c1)OCCCO2)c1c(F)cccc1F. The first-order chi connectivity index (χ1) is 10.6. The molecule has 1 aliphatic rings. The van der Waals surface area contributed by atoms with E-state index in [1.165, 1.54) is 30.0 Å². The highest BCUT2D eigenvalue weighted by Gasteiger charge is 2.18. The Balaban J connectivity index is 1.82. The summed E-state index contributed by atoms with van der Waals surface area (Å²) < 4.78 is 38.9. The Morgan fingerprint density at radius 3 is 2.41 bits per heavy atom. The molecule has 0 saturated heterocycles. The minimum absolute atomic E-state index is 0.0969. The van der Waals surface area contributed by atoms with E-state index in [9.17, 15) is 8.78 Å². The zero-order valence-electron chi connectivity index (χ0n) is 12.1. The molecule has 3 rings (SSSR count). The van der Waals surface area contributed by atoms with Gasteiger partial charge < -0.3 is 9.47 Å². The fourth-order valence-corrected chi connectivity index (χ4v) is 3.45. The van der Waals surface area contributed by atoms with E-state index in [0.717, 1.165) is 11.3 Å². The van der Waals surface area contributed by atoms with Crippen molar-refractivity contribution in [2.75, 3.05) is 13.2 Å². The van der Waals surface area contributed by atoms with Crippen LogP contribution in [0.1, 0.15) is 24.2 Å². The number of fused-ring (bicyclic) bond motifs is 1. The van der Waals surface area contributed by atoms with E-state index in [4.69, 9.17) is 9.47 Å². The zero-order chi connectivity index (χ0) is 15.5. The van der Waals surface area contributed by atoms with Gasteiger partial charge in [-0.1, -0.05) is 6.07 Å². The van der Waals surface area contributed by atoms with Crippen molar-refractivity contribution in [3.8, 4) is 11.5 Å². The van der Waals surface area contributed by atoms with Crippen LogP contribution in [0.2, 0.25) is 0 Å². The van der Waals surface area contributed by atoms with Crippen LogP contribution in [0.25, 0.3) is 0 Å². The lowest BCUT2D eigenvalue weighted by atomic mass is 10.1. The molecule has 1 unspecified atom stereocenters. The summed E-state index contributed by atoms with van der Waals surface area (Å²) in [5.74, 6) is 0.360. The van der Waals surface area contributed by atoms with E-state index < -0.39 is 11.6 Å². The minimum Gasteiger partial charge on any atom is -0.490 e. The quantitative estimate of drug-likeness (QED) is 0.743. The predicted octanol–water partition coefficient (Wildman–Crippen LogP) is 4.98. The molecule has 0 saturated carbocycles. The summed E-state index contributed by atoms with van der Waals surface area (Å²) >= 11 is 1.39. The molecule has 0 spiro atoms. The van der Waals surface area contributed by atoms with E-state index in [0.29, 0.717) is 24.7 Å². The minimum atomic E-state index is -0.519. The Kier molecular flexibility index (Phi) is 4.52. The van der Waals surface area contributed by atoms with E-state index in [2.05, 4.69) is 0 Å². The van der Waals surface area contributed by atoms with Gasteiger partial charge in [-0.25, -0.2) is 8.78 Å². The number of rotatable bonds is 3. The smallest absolute Gasteiger partial charge is 0.162 e. The number of hydrogen-bond acceptors (Lipinski definition) is 3. The van der Waals surface area contributed by atoms with Gasteiger partial charge in [0.25, 0.3) is 0 Å². The van der Waals surface area contributed by atoms with E-state index in [1.807, 2.05) is 18.2 Å². The molecule has 116 valence electrons. The highest BCUT2D eigenvalue weighted by Crippen LogP contribution is 2.40. The first kappa shape index (κ1) is 15.2. The van der Waals surface area contributed by atoms with Gasteiger partial charge in [0.05, 0.1) is 13.2 Å². The molecule has 22 heavy (non-hydrogen) atoms. The number of ether oxygens (including phenoxy) is 2. The first-order valence-corrected chi connectivity index (χ1v) is 8.03. The number of benzene rings is 2. The molecule has 1 heterocycles. The van der Waals surface area contributed by atoms with Crippen molar-refractivity contribution in [3.05, 3.63) is 53.6 Å². The van der Waals surface area contributed by atoms with Gasteiger partial charge in [0.15, 0.2) is 11.5 Å². The number of halogens is 2. The van der Waals surface area contributed by atoms with Crippen LogP contribution in [0.5, 0.6) is 11.5 Å². The maximum Gasteiger partial charge on any atom is 0.162 e. The Labute approximate surface area is 132 Å². The van der Waals surface area contributed by atoms with E-state index >= 15 is 0 Å². The van der Waals surface area contributed by atoms with Gasteiger partial charge >= 0.3 is 0 Å². The van der Waals surface area contributed by atoms with Crippen molar-refractivity contribution in [2.45, 2.75) is 23.5 Å². The van der Waals surface area contributed by atoms with Crippen LogP contribution in [0.4, 0.5) is 8.78 Å². The van der Waals surface area contributed by atoms with Crippen molar-refractivity contribution >= 4 is 11.8 Å².